The Morgan fingerprint density at radius 2 is 2.09 bits per heavy atom. The van der Waals surface area contributed by atoms with E-state index in [0.717, 1.165) is 5.56 Å². The Bertz CT molecular complexity index is 701. The normalized spacial score (nSPS) is 17.2. The first-order valence-corrected chi connectivity index (χ1v) is 7.24. The second kappa shape index (κ2) is 6.47. The third-order valence-corrected chi connectivity index (χ3v) is 3.82. The Hall–Kier alpha value is -2.90. The van der Waals surface area contributed by atoms with Crippen molar-refractivity contribution in [1.82, 2.24) is 20.3 Å². The number of aromatic nitrogens is 3. The van der Waals surface area contributed by atoms with Crippen LogP contribution in [0.1, 0.15) is 34.1 Å². The molecule has 1 aliphatic rings. The molecule has 23 heavy (non-hydrogen) atoms. The molecule has 0 aliphatic carbocycles. The van der Waals surface area contributed by atoms with Crippen molar-refractivity contribution in [2.24, 2.45) is 0 Å². The Kier molecular flexibility index (Phi) is 4.22. The van der Waals surface area contributed by atoms with E-state index in [4.69, 9.17) is 9.84 Å². The van der Waals surface area contributed by atoms with Crippen LogP contribution in [0.3, 0.4) is 0 Å². The molecule has 1 aromatic carbocycles. The molecule has 1 unspecified atom stereocenters. The standard InChI is InChI=1S/C15H16N4O4/c20-14(21)13-12(16-18-17-13)11-6-7-19(8-11)15(22)23-9-10-4-2-1-3-5-10/h1-5,11H,6-9H2,(H,20,21)(H,16,17,18). The molecule has 120 valence electrons. The minimum atomic E-state index is -1.13. The van der Waals surface area contributed by atoms with Crippen molar-refractivity contribution < 1.29 is 19.4 Å². The second-order valence-electron chi connectivity index (χ2n) is 5.33. The highest BCUT2D eigenvalue weighted by Gasteiger charge is 2.33. The van der Waals surface area contributed by atoms with Crippen molar-refractivity contribution in [3.63, 3.8) is 0 Å². The quantitative estimate of drug-likeness (QED) is 0.887. The zero-order valence-corrected chi connectivity index (χ0v) is 12.3. The van der Waals surface area contributed by atoms with Crippen LogP contribution in [0.5, 0.6) is 0 Å². The second-order valence-corrected chi connectivity index (χ2v) is 5.33. The minimum absolute atomic E-state index is 0.0884. The molecule has 2 aromatic rings. The van der Waals surface area contributed by atoms with Gasteiger partial charge in [-0.25, -0.2) is 9.59 Å². The van der Waals surface area contributed by atoms with Gasteiger partial charge in [-0.05, 0) is 12.0 Å². The predicted octanol–water partition coefficient (Wildman–Crippen LogP) is 1.63. The molecule has 8 nitrogen and oxygen atoms in total. The molecule has 0 saturated carbocycles. The van der Waals surface area contributed by atoms with Gasteiger partial charge in [-0.3, -0.25) is 0 Å². The molecule has 2 heterocycles. The molecule has 1 atom stereocenters. The van der Waals surface area contributed by atoms with E-state index >= 15 is 0 Å². The number of likely N-dealkylation sites (tertiary alicyclic amines) is 1. The summed E-state index contributed by atoms with van der Waals surface area (Å²) in [6.45, 7) is 1.09. The van der Waals surface area contributed by atoms with E-state index in [1.165, 1.54) is 0 Å². The van der Waals surface area contributed by atoms with Gasteiger partial charge in [0.25, 0.3) is 0 Å². The van der Waals surface area contributed by atoms with E-state index in [2.05, 4.69) is 15.4 Å². The smallest absolute Gasteiger partial charge is 0.410 e. The van der Waals surface area contributed by atoms with Crippen LogP contribution in [0, 0.1) is 0 Å². The number of carboxylic acid groups (broad SMARTS) is 1. The first-order chi connectivity index (χ1) is 11.1. The number of H-pyrrole nitrogens is 1. The average molecular weight is 316 g/mol. The molecule has 0 bridgehead atoms. The van der Waals surface area contributed by atoms with Crippen LogP contribution in [-0.4, -0.2) is 50.6 Å². The van der Waals surface area contributed by atoms with E-state index in [9.17, 15) is 9.59 Å². The molecular formula is C15H16N4O4. The first kappa shape index (κ1) is 15.0. The van der Waals surface area contributed by atoms with Crippen molar-refractivity contribution in [1.29, 1.82) is 0 Å². The number of carbonyl (C=O) groups excluding carboxylic acids is 1. The predicted molar refractivity (Wildman–Crippen MR) is 78.9 cm³/mol. The number of nitrogens with one attached hydrogen (secondary N) is 1. The fourth-order valence-corrected chi connectivity index (χ4v) is 2.64. The zero-order valence-electron chi connectivity index (χ0n) is 12.3. The van der Waals surface area contributed by atoms with Gasteiger partial charge in [0, 0.05) is 19.0 Å². The molecule has 1 saturated heterocycles. The maximum absolute atomic E-state index is 12.1. The van der Waals surface area contributed by atoms with E-state index < -0.39 is 12.1 Å². The van der Waals surface area contributed by atoms with Crippen LogP contribution >= 0.6 is 0 Å². The number of rotatable bonds is 4. The van der Waals surface area contributed by atoms with Crippen molar-refractivity contribution in [2.75, 3.05) is 13.1 Å². The van der Waals surface area contributed by atoms with Crippen LogP contribution in [0.25, 0.3) is 0 Å². The number of amides is 1. The number of benzene rings is 1. The van der Waals surface area contributed by atoms with Gasteiger partial charge < -0.3 is 14.7 Å². The minimum Gasteiger partial charge on any atom is -0.476 e. The van der Waals surface area contributed by atoms with Gasteiger partial charge in [0.2, 0.25) is 0 Å². The molecule has 1 aromatic heterocycles. The summed E-state index contributed by atoms with van der Waals surface area (Å²) >= 11 is 0. The molecule has 1 fully saturated rings. The summed E-state index contributed by atoms with van der Waals surface area (Å²) < 4.78 is 5.28. The third kappa shape index (κ3) is 3.31. The summed E-state index contributed by atoms with van der Waals surface area (Å²) in [4.78, 5) is 24.7. The van der Waals surface area contributed by atoms with Gasteiger partial charge >= 0.3 is 12.1 Å². The van der Waals surface area contributed by atoms with Crippen molar-refractivity contribution in [3.8, 4) is 0 Å². The molecule has 1 aliphatic heterocycles. The lowest BCUT2D eigenvalue weighted by Gasteiger charge is -2.16. The highest BCUT2D eigenvalue weighted by molar-refractivity contribution is 5.86. The van der Waals surface area contributed by atoms with Crippen molar-refractivity contribution >= 4 is 12.1 Å². The lowest BCUT2D eigenvalue weighted by molar-refractivity contribution is 0.0688. The lowest BCUT2D eigenvalue weighted by atomic mass is 10.0. The molecule has 3 rings (SSSR count). The maximum atomic E-state index is 12.1. The summed E-state index contributed by atoms with van der Waals surface area (Å²) in [5.41, 5.74) is 1.21. The molecule has 0 radical (unpaired) electrons. The van der Waals surface area contributed by atoms with Crippen LogP contribution in [-0.2, 0) is 11.3 Å². The molecular weight excluding hydrogens is 300 g/mol. The molecule has 0 spiro atoms. The Balaban J connectivity index is 1.58. The molecule has 8 heteroatoms. The van der Waals surface area contributed by atoms with E-state index in [-0.39, 0.29) is 18.2 Å². The summed E-state index contributed by atoms with van der Waals surface area (Å²) in [5, 5.41) is 19.0. The van der Waals surface area contributed by atoms with Crippen LogP contribution in [0.4, 0.5) is 4.79 Å². The number of aromatic amines is 1. The summed E-state index contributed by atoms with van der Waals surface area (Å²) in [7, 11) is 0. The van der Waals surface area contributed by atoms with Gasteiger partial charge in [-0.2, -0.15) is 10.3 Å². The summed E-state index contributed by atoms with van der Waals surface area (Å²) in [6.07, 6.45) is 0.226. The summed E-state index contributed by atoms with van der Waals surface area (Å²) in [6, 6.07) is 9.43. The van der Waals surface area contributed by atoms with Gasteiger partial charge in [-0.15, -0.1) is 5.10 Å². The van der Waals surface area contributed by atoms with E-state index in [0.29, 0.717) is 25.2 Å². The highest BCUT2D eigenvalue weighted by Crippen LogP contribution is 2.27. The monoisotopic (exact) mass is 316 g/mol. The third-order valence-electron chi connectivity index (χ3n) is 3.82. The van der Waals surface area contributed by atoms with Crippen LogP contribution < -0.4 is 0 Å². The van der Waals surface area contributed by atoms with E-state index in [1.54, 1.807) is 4.90 Å². The van der Waals surface area contributed by atoms with Crippen LogP contribution in [0.15, 0.2) is 30.3 Å². The summed E-state index contributed by atoms with van der Waals surface area (Å²) in [5.74, 6) is -1.28. The maximum Gasteiger partial charge on any atom is 0.410 e. The highest BCUT2D eigenvalue weighted by atomic mass is 16.6. The Labute approximate surface area is 132 Å². The van der Waals surface area contributed by atoms with Crippen molar-refractivity contribution in [3.05, 3.63) is 47.3 Å². The largest absolute Gasteiger partial charge is 0.476 e. The van der Waals surface area contributed by atoms with Gasteiger partial charge in [0.05, 0.1) is 0 Å². The molecule has 1 amide bonds. The van der Waals surface area contributed by atoms with Gasteiger partial charge in [0.15, 0.2) is 5.69 Å². The van der Waals surface area contributed by atoms with Gasteiger partial charge in [-0.1, -0.05) is 30.3 Å². The molecule has 2 N–H and O–H groups in total. The lowest BCUT2D eigenvalue weighted by Crippen LogP contribution is -2.29. The Morgan fingerprint density at radius 1 is 1.30 bits per heavy atom. The number of carbonyl (C=O) groups is 2. The number of nitrogens with zero attached hydrogens (tertiary/aromatic N) is 3. The zero-order chi connectivity index (χ0) is 16.2. The van der Waals surface area contributed by atoms with Gasteiger partial charge in [0.1, 0.15) is 12.3 Å². The number of aromatic carboxylic acids is 1. The fraction of sp³-hybridized carbons (Fsp3) is 0.333. The number of hydrogen-bond acceptors (Lipinski definition) is 5. The number of carboxylic acids is 1. The number of hydrogen-bond donors (Lipinski definition) is 2. The van der Waals surface area contributed by atoms with E-state index in [1.807, 2.05) is 30.3 Å². The number of ether oxygens (including phenoxy) is 1. The first-order valence-electron chi connectivity index (χ1n) is 7.24. The fourth-order valence-electron chi connectivity index (χ4n) is 2.64. The van der Waals surface area contributed by atoms with Crippen LogP contribution in [0.2, 0.25) is 0 Å². The Morgan fingerprint density at radius 3 is 2.83 bits per heavy atom. The topological polar surface area (TPSA) is 108 Å². The average Bonchev–Trinajstić information content (AvgIpc) is 3.22. The van der Waals surface area contributed by atoms with Crippen molar-refractivity contribution in [2.45, 2.75) is 18.9 Å². The SMILES string of the molecule is O=C(O)c1n[nH]nc1C1CCN(C(=O)OCc2ccccc2)C1.